The third kappa shape index (κ3) is 6.40. The Morgan fingerprint density at radius 2 is 1.85 bits per heavy atom. The number of nitrogens with zero attached hydrogens (tertiary/aromatic N) is 2. The van der Waals surface area contributed by atoms with E-state index in [1.165, 1.54) is 28.7 Å². The molecule has 2 aromatic carbocycles. The molecule has 9 heteroatoms. The third-order valence-corrected chi connectivity index (χ3v) is 7.20. The Bertz CT molecular complexity index is 918. The van der Waals surface area contributed by atoms with Crippen molar-refractivity contribution in [1.29, 1.82) is 0 Å². The fourth-order valence-electron chi connectivity index (χ4n) is 2.04. The first-order chi connectivity index (χ1) is 13.0. The van der Waals surface area contributed by atoms with Crippen LogP contribution in [0.25, 0.3) is 0 Å². The van der Waals surface area contributed by atoms with Crippen LogP contribution in [0.5, 0.6) is 0 Å². The van der Waals surface area contributed by atoms with Crippen LogP contribution >= 0.6 is 58.1 Å². The molecule has 0 aliphatic heterocycles. The molecule has 0 spiro atoms. The number of benzene rings is 2. The summed E-state index contributed by atoms with van der Waals surface area (Å²) in [6.07, 6.45) is 0. The molecule has 1 aromatic heterocycles. The minimum Gasteiger partial charge on any atom is -0.325 e. The van der Waals surface area contributed by atoms with Crippen LogP contribution in [-0.2, 0) is 10.5 Å². The quantitative estimate of drug-likeness (QED) is 0.426. The van der Waals surface area contributed by atoms with Crippen LogP contribution in [0.3, 0.4) is 0 Å². The van der Waals surface area contributed by atoms with Gasteiger partial charge in [-0.05, 0) is 42.8 Å². The van der Waals surface area contributed by atoms with Gasteiger partial charge in [0.15, 0.2) is 8.68 Å². The first-order valence-corrected chi connectivity index (χ1v) is 11.4. The summed E-state index contributed by atoms with van der Waals surface area (Å²) in [6.45, 7) is 1.84. The van der Waals surface area contributed by atoms with Crippen molar-refractivity contribution in [2.45, 2.75) is 26.6 Å². The number of thioether (sulfide) groups is 2. The van der Waals surface area contributed by atoms with E-state index in [0.29, 0.717) is 10.7 Å². The normalized spacial score (nSPS) is 12.0. The molecule has 4 nitrogen and oxygen atoms in total. The Labute approximate surface area is 180 Å². The molecule has 3 rings (SSSR count). The fourth-order valence-corrected chi connectivity index (χ4v) is 5.48. The Hall–Kier alpha value is -1.25. The lowest BCUT2D eigenvalue weighted by atomic mass is 10.2. The van der Waals surface area contributed by atoms with Gasteiger partial charge < -0.3 is 5.32 Å². The molecule has 0 aliphatic carbocycles. The van der Waals surface area contributed by atoms with Crippen molar-refractivity contribution in [3.63, 3.8) is 0 Å². The topological polar surface area (TPSA) is 54.9 Å². The summed E-state index contributed by atoms with van der Waals surface area (Å²) in [5, 5.41) is 12.2. The van der Waals surface area contributed by atoms with Crippen LogP contribution < -0.4 is 5.32 Å². The zero-order valence-electron chi connectivity index (χ0n) is 14.2. The molecular formula is C18H15Cl2N3OS3. The molecule has 27 heavy (non-hydrogen) atoms. The molecule has 0 saturated carbocycles. The molecule has 140 valence electrons. The SMILES string of the molecule is C[C@@H](Sc1nnc(SCc2ccc(Cl)cc2)s1)C(=O)Nc1cccc(Cl)c1. The molecule has 1 atom stereocenters. The highest BCUT2D eigenvalue weighted by atomic mass is 35.5. The summed E-state index contributed by atoms with van der Waals surface area (Å²) in [5.41, 5.74) is 1.85. The van der Waals surface area contributed by atoms with Crippen molar-refractivity contribution in [2.75, 3.05) is 5.32 Å². The first kappa shape index (κ1) is 20.5. The van der Waals surface area contributed by atoms with Crippen LogP contribution in [0.1, 0.15) is 12.5 Å². The number of amides is 1. The average molecular weight is 456 g/mol. The maximum Gasteiger partial charge on any atom is 0.237 e. The Morgan fingerprint density at radius 3 is 2.59 bits per heavy atom. The Morgan fingerprint density at radius 1 is 1.11 bits per heavy atom. The van der Waals surface area contributed by atoms with Gasteiger partial charge in [0.25, 0.3) is 0 Å². The van der Waals surface area contributed by atoms with Crippen molar-refractivity contribution in [2.24, 2.45) is 0 Å². The van der Waals surface area contributed by atoms with E-state index in [4.69, 9.17) is 23.2 Å². The number of hydrogen-bond acceptors (Lipinski definition) is 6. The third-order valence-electron chi connectivity index (χ3n) is 3.40. The van der Waals surface area contributed by atoms with Crippen LogP contribution in [0.2, 0.25) is 10.0 Å². The zero-order chi connectivity index (χ0) is 19.2. The lowest BCUT2D eigenvalue weighted by Crippen LogP contribution is -2.22. The Kier molecular flexibility index (Phi) is 7.43. The highest BCUT2D eigenvalue weighted by Gasteiger charge is 2.17. The van der Waals surface area contributed by atoms with Gasteiger partial charge in [0.05, 0.1) is 5.25 Å². The molecule has 0 radical (unpaired) electrons. The van der Waals surface area contributed by atoms with Gasteiger partial charge in [0, 0.05) is 21.5 Å². The van der Waals surface area contributed by atoms with Gasteiger partial charge >= 0.3 is 0 Å². The molecule has 0 fully saturated rings. The highest BCUT2D eigenvalue weighted by Crippen LogP contribution is 2.33. The Balaban J connectivity index is 1.51. The standard InChI is InChI=1S/C18H15Cl2N3OS3/c1-11(16(24)21-15-4-2-3-14(20)9-15)26-18-23-22-17(27-18)25-10-12-5-7-13(19)8-6-12/h2-9,11H,10H2,1H3,(H,21,24)/t11-/m1/s1. The van der Waals surface area contributed by atoms with E-state index in [9.17, 15) is 4.79 Å². The van der Waals surface area contributed by atoms with Crippen molar-refractivity contribution >= 4 is 69.7 Å². The maximum absolute atomic E-state index is 12.3. The van der Waals surface area contributed by atoms with Crippen molar-refractivity contribution < 1.29 is 4.79 Å². The lowest BCUT2D eigenvalue weighted by molar-refractivity contribution is -0.115. The second-order valence-electron chi connectivity index (χ2n) is 5.51. The first-order valence-electron chi connectivity index (χ1n) is 7.93. The van der Waals surface area contributed by atoms with Crippen molar-refractivity contribution in [1.82, 2.24) is 10.2 Å². The average Bonchev–Trinajstić information content (AvgIpc) is 3.08. The summed E-state index contributed by atoms with van der Waals surface area (Å²) in [5.74, 6) is 0.689. The molecule has 3 aromatic rings. The maximum atomic E-state index is 12.3. The van der Waals surface area contributed by atoms with Crippen molar-refractivity contribution in [3.05, 3.63) is 64.1 Å². The predicted octanol–water partition coefficient (Wildman–Crippen LogP) is 6.26. The second-order valence-corrected chi connectivity index (χ2v) is 10.2. The van der Waals surface area contributed by atoms with Crippen LogP contribution in [0, 0.1) is 0 Å². The van der Waals surface area contributed by atoms with Gasteiger partial charge in [-0.25, -0.2) is 0 Å². The van der Waals surface area contributed by atoms with Gasteiger partial charge in [-0.15, -0.1) is 10.2 Å². The molecule has 0 bridgehead atoms. The molecule has 0 saturated heterocycles. The summed E-state index contributed by atoms with van der Waals surface area (Å²) in [4.78, 5) is 12.3. The van der Waals surface area contributed by atoms with Crippen LogP contribution in [-0.4, -0.2) is 21.4 Å². The number of anilines is 1. The largest absolute Gasteiger partial charge is 0.325 e. The molecule has 1 amide bonds. The molecule has 0 unspecified atom stereocenters. The van der Waals surface area contributed by atoms with E-state index in [2.05, 4.69) is 15.5 Å². The van der Waals surface area contributed by atoms with E-state index >= 15 is 0 Å². The van der Waals surface area contributed by atoms with E-state index in [0.717, 1.165) is 19.5 Å². The molecule has 1 heterocycles. The minimum atomic E-state index is -0.300. The van der Waals surface area contributed by atoms with Gasteiger partial charge in [-0.3, -0.25) is 4.79 Å². The smallest absolute Gasteiger partial charge is 0.237 e. The number of hydrogen-bond donors (Lipinski definition) is 1. The number of nitrogens with one attached hydrogen (secondary N) is 1. The summed E-state index contributed by atoms with van der Waals surface area (Å²) in [6, 6.07) is 14.8. The number of aromatic nitrogens is 2. The molecule has 0 aliphatic rings. The van der Waals surface area contributed by atoms with E-state index in [1.54, 1.807) is 36.0 Å². The minimum absolute atomic E-state index is 0.104. The number of carbonyl (C=O) groups excluding carboxylic acids is 1. The highest BCUT2D eigenvalue weighted by molar-refractivity contribution is 8.03. The predicted molar refractivity (Wildman–Crippen MR) is 116 cm³/mol. The molecule has 1 N–H and O–H groups in total. The van der Waals surface area contributed by atoms with Crippen molar-refractivity contribution in [3.8, 4) is 0 Å². The van der Waals surface area contributed by atoms with Gasteiger partial charge in [0.1, 0.15) is 0 Å². The van der Waals surface area contributed by atoms with E-state index in [-0.39, 0.29) is 11.2 Å². The summed E-state index contributed by atoms with van der Waals surface area (Å²) in [7, 11) is 0. The number of rotatable bonds is 7. The van der Waals surface area contributed by atoms with E-state index in [1.807, 2.05) is 31.2 Å². The van der Waals surface area contributed by atoms with Gasteiger partial charge in [0.2, 0.25) is 5.91 Å². The molecular weight excluding hydrogens is 441 g/mol. The zero-order valence-corrected chi connectivity index (χ0v) is 18.1. The summed E-state index contributed by atoms with van der Waals surface area (Å²) >= 11 is 16.3. The van der Waals surface area contributed by atoms with Gasteiger partial charge in [-0.1, -0.05) is 76.3 Å². The second kappa shape index (κ2) is 9.80. The van der Waals surface area contributed by atoms with Gasteiger partial charge in [-0.2, -0.15) is 0 Å². The van der Waals surface area contributed by atoms with Crippen LogP contribution in [0.4, 0.5) is 5.69 Å². The van der Waals surface area contributed by atoms with Crippen LogP contribution in [0.15, 0.2) is 57.2 Å². The number of carbonyl (C=O) groups is 1. The lowest BCUT2D eigenvalue weighted by Gasteiger charge is -2.10. The number of halogens is 2. The van der Waals surface area contributed by atoms with E-state index < -0.39 is 0 Å². The summed E-state index contributed by atoms with van der Waals surface area (Å²) < 4.78 is 1.64. The monoisotopic (exact) mass is 455 g/mol. The fraction of sp³-hybridized carbons (Fsp3) is 0.167.